The molecular weight excluding hydrogens is 654 g/mol. The van der Waals surface area contributed by atoms with Crippen molar-refractivity contribution in [3.63, 3.8) is 0 Å². The fourth-order valence-electron chi connectivity index (χ4n) is 4.27. The third kappa shape index (κ3) is 16.5. The van der Waals surface area contributed by atoms with E-state index >= 15 is 0 Å². The first-order chi connectivity index (χ1) is 23.8. The highest BCUT2D eigenvalue weighted by Gasteiger charge is 2.23. The summed E-state index contributed by atoms with van der Waals surface area (Å²) in [5, 5.41) is 14.7. The van der Waals surface area contributed by atoms with Crippen LogP contribution in [0, 0.1) is 5.92 Å². The number of ketones is 1. The number of unbranched alkanes of at least 4 members (excludes halogenated alkanes) is 2. The van der Waals surface area contributed by atoms with Gasteiger partial charge in [0.25, 0.3) is 11.8 Å². The molecule has 0 saturated heterocycles. The number of hydrogen-bond donors (Lipinski definition) is 6. The second-order valence-corrected chi connectivity index (χ2v) is 11.5. The molecule has 0 fully saturated rings. The van der Waals surface area contributed by atoms with E-state index in [0.717, 1.165) is 10.5 Å². The largest absolute Gasteiger partial charge is 0.442 e. The highest BCUT2D eigenvalue weighted by molar-refractivity contribution is 6.12. The average molecular weight is 700 g/mol. The number of Topliss-reactive ketones (excluding diaryl/α,β-unsaturated/α-hetero) is 1. The van der Waals surface area contributed by atoms with E-state index in [0.29, 0.717) is 19.3 Å². The minimum atomic E-state index is -1.09. The van der Waals surface area contributed by atoms with E-state index in [1.54, 1.807) is 44.2 Å². The maximum absolute atomic E-state index is 12.9. The maximum Gasteiger partial charge on any atom is 0.407 e. The number of hydrogen-bond acceptors (Lipinski definition) is 10. The molecule has 0 saturated carbocycles. The number of benzene rings is 1. The molecule has 1 atom stereocenters. The molecule has 50 heavy (non-hydrogen) atoms. The summed E-state index contributed by atoms with van der Waals surface area (Å²) in [7, 11) is 0. The zero-order chi connectivity index (χ0) is 36.9. The highest BCUT2D eigenvalue weighted by atomic mass is 16.6. The topological polar surface area (TPSA) is 238 Å². The van der Waals surface area contributed by atoms with Crippen molar-refractivity contribution in [3.8, 4) is 0 Å². The van der Waals surface area contributed by atoms with Crippen LogP contribution in [0.15, 0.2) is 42.5 Å². The zero-order valence-electron chi connectivity index (χ0n) is 28.2. The number of carbonyl (C=O) groups excluding carboxylic acids is 9. The smallest absolute Gasteiger partial charge is 0.407 e. The van der Waals surface area contributed by atoms with E-state index < -0.39 is 48.9 Å². The zero-order valence-corrected chi connectivity index (χ0v) is 28.2. The summed E-state index contributed by atoms with van der Waals surface area (Å²) in [6.07, 6.45) is 3.47. The van der Waals surface area contributed by atoms with Gasteiger partial charge in [-0.15, -0.1) is 0 Å². The van der Waals surface area contributed by atoms with Crippen LogP contribution in [0.1, 0.15) is 45.1 Å². The van der Waals surface area contributed by atoms with Gasteiger partial charge in [0.2, 0.25) is 29.5 Å². The Labute approximate surface area is 289 Å². The Morgan fingerprint density at radius 2 is 1.30 bits per heavy atom. The summed E-state index contributed by atoms with van der Waals surface area (Å²) in [6, 6.07) is 7.74. The van der Waals surface area contributed by atoms with Crippen LogP contribution in [0.5, 0.6) is 0 Å². The van der Waals surface area contributed by atoms with Crippen LogP contribution in [0.3, 0.4) is 0 Å². The number of nitrogens with zero attached hydrogens (tertiary/aromatic N) is 1. The first-order valence-corrected chi connectivity index (χ1v) is 16.2. The Bertz CT molecular complexity index is 1400. The second kappa shape index (κ2) is 22.1. The number of rotatable bonds is 22. The summed E-state index contributed by atoms with van der Waals surface area (Å²) in [5.74, 6) is -4.11. The Kier molecular flexibility index (Phi) is 17.9. The van der Waals surface area contributed by atoms with Gasteiger partial charge in [0, 0.05) is 50.5 Å². The van der Waals surface area contributed by atoms with Crippen molar-refractivity contribution in [2.75, 3.05) is 45.9 Å². The Hall–Kier alpha value is -5.61. The fourth-order valence-corrected chi connectivity index (χ4v) is 4.27. The summed E-state index contributed by atoms with van der Waals surface area (Å²) in [5.41, 5.74) is 0.729. The van der Waals surface area contributed by atoms with Gasteiger partial charge in [-0.25, -0.2) is 4.79 Å². The molecule has 0 radical (unpaired) electrons. The molecule has 0 spiro atoms. The van der Waals surface area contributed by atoms with E-state index in [9.17, 15) is 43.2 Å². The van der Waals surface area contributed by atoms with Gasteiger partial charge in [-0.3, -0.25) is 43.3 Å². The molecule has 0 unspecified atom stereocenters. The lowest BCUT2D eigenvalue weighted by Crippen LogP contribution is -2.52. The van der Waals surface area contributed by atoms with Crippen molar-refractivity contribution in [1.82, 2.24) is 36.8 Å². The molecule has 17 nitrogen and oxygen atoms in total. The van der Waals surface area contributed by atoms with Gasteiger partial charge in [0.15, 0.2) is 12.4 Å². The van der Waals surface area contributed by atoms with Gasteiger partial charge in [-0.2, -0.15) is 0 Å². The molecule has 0 bridgehead atoms. The standard InChI is InChI=1S/C33H45N7O10/c1-22(2)25(41)21-50-33(49)35-15-14-34-27(43)19-38-32(48)24(17-23-9-5-3-6-10-23)39-29(45)20-37-28(44)18-36-26(42)11-7-4-8-16-40-30(46)12-13-31(40)47/h3,5-6,9-10,12-13,22,24H,4,7-8,11,14-21H2,1-2H3,(H,34,43)(H,35,49)(H,36,42)(H,37,44)(H,38,48)(H,39,45)/t24-/m0/s1. The van der Waals surface area contributed by atoms with E-state index in [-0.39, 0.29) is 75.1 Å². The van der Waals surface area contributed by atoms with Crippen molar-refractivity contribution >= 4 is 53.2 Å². The summed E-state index contributed by atoms with van der Waals surface area (Å²) < 4.78 is 4.79. The molecule has 1 aromatic carbocycles. The average Bonchev–Trinajstić information content (AvgIpc) is 3.41. The number of amides is 8. The van der Waals surface area contributed by atoms with Crippen LogP contribution in [0.25, 0.3) is 0 Å². The lowest BCUT2D eigenvalue weighted by Gasteiger charge is -2.19. The van der Waals surface area contributed by atoms with Crippen LogP contribution in [-0.2, 0) is 49.5 Å². The predicted molar refractivity (Wildman–Crippen MR) is 178 cm³/mol. The van der Waals surface area contributed by atoms with Gasteiger partial charge in [-0.1, -0.05) is 50.6 Å². The molecule has 1 aromatic rings. The van der Waals surface area contributed by atoms with E-state index in [4.69, 9.17) is 4.74 Å². The monoisotopic (exact) mass is 699 g/mol. The normalized spacial score (nSPS) is 12.6. The highest BCUT2D eigenvalue weighted by Crippen LogP contribution is 2.08. The quantitative estimate of drug-likeness (QED) is 0.0612. The fraction of sp³-hybridized carbons (Fsp3) is 0.485. The number of imide groups is 1. The molecule has 1 aliphatic rings. The Morgan fingerprint density at radius 1 is 0.700 bits per heavy atom. The molecule has 6 N–H and O–H groups in total. The first-order valence-electron chi connectivity index (χ1n) is 16.2. The summed E-state index contributed by atoms with van der Waals surface area (Å²) in [4.78, 5) is 109. The minimum absolute atomic E-state index is 0.0157. The second-order valence-electron chi connectivity index (χ2n) is 11.5. The van der Waals surface area contributed by atoms with Crippen LogP contribution in [-0.4, -0.2) is 110 Å². The Balaban J connectivity index is 1.68. The third-order valence-corrected chi connectivity index (χ3v) is 7.14. The van der Waals surface area contributed by atoms with Crippen molar-refractivity contribution in [2.24, 2.45) is 5.92 Å². The van der Waals surface area contributed by atoms with Crippen LogP contribution >= 0.6 is 0 Å². The molecule has 1 heterocycles. The van der Waals surface area contributed by atoms with Crippen molar-refractivity contribution in [2.45, 2.75) is 52.0 Å². The Morgan fingerprint density at radius 3 is 1.98 bits per heavy atom. The van der Waals surface area contributed by atoms with Crippen LogP contribution in [0.2, 0.25) is 0 Å². The molecule has 8 amide bonds. The number of ether oxygens (including phenoxy) is 1. The minimum Gasteiger partial charge on any atom is -0.442 e. The van der Waals surface area contributed by atoms with Gasteiger partial charge in [0.1, 0.15) is 6.04 Å². The van der Waals surface area contributed by atoms with Crippen molar-refractivity contribution < 1.29 is 47.9 Å². The lowest BCUT2D eigenvalue weighted by molar-refractivity contribution is -0.137. The molecule has 0 aliphatic carbocycles. The van der Waals surface area contributed by atoms with Gasteiger partial charge >= 0.3 is 6.09 Å². The van der Waals surface area contributed by atoms with E-state index in [1.165, 1.54) is 12.2 Å². The molecule has 1 aliphatic heterocycles. The van der Waals surface area contributed by atoms with E-state index in [1.807, 2.05) is 0 Å². The molecule has 0 aromatic heterocycles. The number of alkyl carbamates (subject to hydrolysis) is 1. The molecule has 2 rings (SSSR count). The lowest BCUT2D eigenvalue weighted by atomic mass is 10.1. The molecule has 272 valence electrons. The van der Waals surface area contributed by atoms with Gasteiger partial charge in [0.05, 0.1) is 19.6 Å². The van der Waals surface area contributed by atoms with Crippen LogP contribution in [0.4, 0.5) is 4.79 Å². The van der Waals surface area contributed by atoms with Gasteiger partial charge in [-0.05, 0) is 18.4 Å². The first kappa shape index (κ1) is 40.6. The molecular formula is C33H45N7O10. The number of carbonyl (C=O) groups is 9. The third-order valence-electron chi connectivity index (χ3n) is 7.14. The summed E-state index contributed by atoms with van der Waals surface area (Å²) in [6.45, 7) is 2.05. The maximum atomic E-state index is 12.9. The number of nitrogens with one attached hydrogen (secondary N) is 6. The predicted octanol–water partition coefficient (Wildman–Crippen LogP) is -1.38. The molecule has 17 heteroatoms. The summed E-state index contributed by atoms with van der Waals surface area (Å²) >= 11 is 0. The van der Waals surface area contributed by atoms with E-state index in [2.05, 4.69) is 31.9 Å². The van der Waals surface area contributed by atoms with Crippen molar-refractivity contribution in [1.29, 1.82) is 0 Å². The van der Waals surface area contributed by atoms with Crippen LogP contribution < -0.4 is 31.9 Å². The van der Waals surface area contributed by atoms with Crippen molar-refractivity contribution in [3.05, 3.63) is 48.0 Å². The SMILES string of the molecule is CC(C)C(=O)COC(=O)NCCNC(=O)CNC(=O)[C@H](Cc1ccccc1)NC(=O)CNC(=O)CNC(=O)CCCCCN1C(=O)C=CC1=O. The van der Waals surface area contributed by atoms with Gasteiger partial charge < -0.3 is 36.6 Å².